The lowest BCUT2D eigenvalue weighted by Gasteiger charge is -2.20. The van der Waals surface area contributed by atoms with Crippen molar-refractivity contribution in [3.8, 4) is 0 Å². The number of nitro groups is 1. The predicted octanol–water partition coefficient (Wildman–Crippen LogP) is 3.09. The van der Waals surface area contributed by atoms with Gasteiger partial charge >= 0.3 is 5.97 Å². The van der Waals surface area contributed by atoms with Crippen molar-refractivity contribution in [2.45, 2.75) is 38.6 Å². The highest BCUT2D eigenvalue weighted by Gasteiger charge is 2.19. The first-order valence-electron chi connectivity index (χ1n) is 9.47. The summed E-state index contributed by atoms with van der Waals surface area (Å²) < 4.78 is 4.98. The zero-order valence-corrected chi connectivity index (χ0v) is 16.1. The van der Waals surface area contributed by atoms with Crippen LogP contribution in [0.2, 0.25) is 0 Å². The molecule has 1 aliphatic rings. The third-order valence-electron chi connectivity index (χ3n) is 5.05. The molecule has 0 aliphatic heterocycles. The number of aryl methyl sites for hydroxylation is 2. The van der Waals surface area contributed by atoms with Crippen molar-refractivity contribution in [1.29, 1.82) is 0 Å². The zero-order chi connectivity index (χ0) is 21.0. The van der Waals surface area contributed by atoms with Crippen molar-refractivity contribution in [1.82, 2.24) is 5.32 Å². The first-order chi connectivity index (χ1) is 13.8. The summed E-state index contributed by atoms with van der Waals surface area (Å²) in [6.45, 7) is 1.36. The Morgan fingerprint density at radius 2 is 1.90 bits per heavy atom. The average molecular weight is 397 g/mol. The van der Waals surface area contributed by atoms with Gasteiger partial charge in [-0.15, -0.1) is 0 Å². The SMILES string of the molecule is CC(NC(=O)COC(=O)c1cc([N+](=O)[O-])ccc1N)c1ccc2c(c1)CCCC2. The van der Waals surface area contributed by atoms with Crippen LogP contribution in [-0.4, -0.2) is 23.4 Å². The predicted molar refractivity (Wildman–Crippen MR) is 107 cm³/mol. The van der Waals surface area contributed by atoms with E-state index in [1.54, 1.807) is 0 Å². The Hall–Kier alpha value is -3.42. The van der Waals surface area contributed by atoms with Gasteiger partial charge in [-0.1, -0.05) is 18.2 Å². The van der Waals surface area contributed by atoms with E-state index in [0.717, 1.165) is 24.5 Å². The maximum atomic E-state index is 12.2. The van der Waals surface area contributed by atoms with Crippen LogP contribution in [0.25, 0.3) is 0 Å². The summed E-state index contributed by atoms with van der Waals surface area (Å²) >= 11 is 0. The van der Waals surface area contributed by atoms with E-state index in [2.05, 4.69) is 17.4 Å². The number of amides is 1. The van der Waals surface area contributed by atoms with Crippen LogP contribution in [0.1, 0.15) is 52.9 Å². The minimum absolute atomic E-state index is 0.0448. The van der Waals surface area contributed by atoms with Crippen molar-refractivity contribution in [3.05, 3.63) is 68.8 Å². The normalized spacial score (nSPS) is 13.8. The Bertz CT molecular complexity index is 957. The molecule has 1 amide bonds. The minimum Gasteiger partial charge on any atom is -0.452 e. The molecule has 2 aromatic rings. The molecule has 8 nitrogen and oxygen atoms in total. The third kappa shape index (κ3) is 4.90. The lowest BCUT2D eigenvalue weighted by Crippen LogP contribution is -2.31. The lowest BCUT2D eigenvalue weighted by molar-refractivity contribution is -0.384. The van der Waals surface area contributed by atoms with Crippen LogP contribution in [-0.2, 0) is 22.4 Å². The van der Waals surface area contributed by atoms with Crippen LogP contribution in [0.5, 0.6) is 0 Å². The molecule has 0 spiro atoms. The van der Waals surface area contributed by atoms with Crippen LogP contribution in [0.3, 0.4) is 0 Å². The lowest BCUT2D eigenvalue weighted by atomic mass is 9.89. The monoisotopic (exact) mass is 397 g/mol. The van der Waals surface area contributed by atoms with E-state index in [1.165, 1.54) is 36.1 Å². The number of esters is 1. The molecule has 0 aromatic heterocycles. The molecule has 3 rings (SSSR count). The van der Waals surface area contributed by atoms with Crippen LogP contribution in [0.4, 0.5) is 11.4 Å². The Morgan fingerprint density at radius 3 is 2.62 bits per heavy atom. The van der Waals surface area contributed by atoms with E-state index in [0.29, 0.717) is 0 Å². The van der Waals surface area contributed by atoms with Gasteiger partial charge in [0.2, 0.25) is 0 Å². The molecule has 1 unspecified atom stereocenters. The molecule has 0 fully saturated rings. The van der Waals surface area contributed by atoms with Gasteiger partial charge in [0.25, 0.3) is 11.6 Å². The average Bonchev–Trinajstić information content (AvgIpc) is 2.71. The van der Waals surface area contributed by atoms with E-state index in [1.807, 2.05) is 13.0 Å². The van der Waals surface area contributed by atoms with Gasteiger partial charge in [-0.05, 0) is 55.4 Å². The molecule has 152 valence electrons. The second-order valence-electron chi connectivity index (χ2n) is 7.13. The molecule has 8 heteroatoms. The van der Waals surface area contributed by atoms with Crippen LogP contribution >= 0.6 is 0 Å². The topological polar surface area (TPSA) is 125 Å². The largest absolute Gasteiger partial charge is 0.452 e. The summed E-state index contributed by atoms with van der Waals surface area (Å²) in [5.41, 5.74) is 8.98. The number of hydrogen-bond acceptors (Lipinski definition) is 6. The van der Waals surface area contributed by atoms with E-state index < -0.39 is 23.4 Å². The number of non-ortho nitro benzene ring substituents is 1. The molecule has 0 radical (unpaired) electrons. The number of benzene rings is 2. The molecule has 0 bridgehead atoms. The summed E-state index contributed by atoms with van der Waals surface area (Å²) in [7, 11) is 0. The number of nitrogens with zero attached hydrogens (tertiary/aromatic N) is 1. The summed E-state index contributed by atoms with van der Waals surface area (Å²) in [5, 5.41) is 13.6. The van der Waals surface area contributed by atoms with Crippen molar-refractivity contribution < 1.29 is 19.2 Å². The van der Waals surface area contributed by atoms with Gasteiger partial charge in [-0.3, -0.25) is 14.9 Å². The Morgan fingerprint density at radius 1 is 1.17 bits per heavy atom. The van der Waals surface area contributed by atoms with Gasteiger partial charge in [0.1, 0.15) is 0 Å². The van der Waals surface area contributed by atoms with Gasteiger partial charge in [-0.2, -0.15) is 0 Å². The molecule has 0 saturated carbocycles. The highest BCUT2D eigenvalue weighted by molar-refractivity contribution is 5.97. The van der Waals surface area contributed by atoms with Crippen molar-refractivity contribution in [3.63, 3.8) is 0 Å². The highest BCUT2D eigenvalue weighted by atomic mass is 16.6. The summed E-state index contributed by atoms with van der Waals surface area (Å²) in [6, 6.07) is 9.48. The second kappa shape index (κ2) is 8.72. The number of rotatable bonds is 6. The van der Waals surface area contributed by atoms with Gasteiger partial charge in [0.05, 0.1) is 16.5 Å². The number of carbonyl (C=O) groups is 2. The van der Waals surface area contributed by atoms with Gasteiger partial charge in [0, 0.05) is 17.8 Å². The number of hydrogen-bond donors (Lipinski definition) is 2. The minimum atomic E-state index is -0.886. The molecular weight excluding hydrogens is 374 g/mol. The quantitative estimate of drug-likeness (QED) is 0.334. The van der Waals surface area contributed by atoms with E-state index >= 15 is 0 Å². The fourth-order valence-electron chi connectivity index (χ4n) is 3.43. The number of nitrogens with two attached hydrogens (primary N) is 1. The number of nitro benzene ring substituents is 1. The van der Waals surface area contributed by atoms with E-state index in [-0.39, 0.29) is 23.0 Å². The van der Waals surface area contributed by atoms with Crippen molar-refractivity contribution >= 4 is 23.3 Å². The second-order valence-corrected chi connectivity index (χ2v) is 7.13. The molecule has 1 atom stereocenters. The molecular formula is C21H23N3O5. The standard InChI is InChI=1S/C21H23N3O5/c1-13(15-7-6-14-4-2-3-5-16(14)10-15)23-20(25)12-29-21(26)18-11-17(24(27)28)8-9-19(18)22/h6-11,13H,2-5,12,22H2,1H3,(H,23,25). The van der Waals surface area contributed by atoms with Crippen LogP contribution < -0.4 is 11.1 Å². The van der Waals surface area contributed by atoms with E-state index in [9.17, 15) is 19.7 Å². The summed E-state index contributed by atoms with van der Waals surface area (Å²) in [4.78, 5) is 34.6. The third-order valence-corrected chi connectivity index (χ3v) is 5.05. The summed E-state index contributed by atoms with van der Waals surface area (Å²) in [5.74, 6) is -1.35. The maximum Gasteiger partial charge on any atom is 0.341 e. The molecule has 1 aliphatic carbocycles. The Labute approximate surface area is 168 Å². The molecule has 2 aromatic carbocycles. The Balaban J connectivity index is 1.58. The number of ether oxygens (including phenoxy) is 1. The number of fused-ring (bicyclic) bond motifs is 1. The van der Waals surface area contributed by atoms with Gasteiger partial charge in [-0.25, -0.2) is 4.79 Å². The number of anilines is 1. The maximum absolute atomic E-state index is 12.2. The molecule has 3 N–H and O–H groups in total. The van der Waals surface area contributed by atoms with Crippen LogP contribution in [0, 0.1) is 10.1 Å². The molecule has 29 heavy (non-hydrogen) atoms. The van der Waals surface area contributed by atoms with Gasteiger partial charge < -0.3 is 15.8 Å². The fraction of sp³-hybridized carbons (Fsp3) is 0.333. The zero-order valence-electron chi connectivity index (χ0n) is 16.1. The number of nitrogen functional groups attached to an aromatic ring is 1. The van der Waals surface area contributed by atoms with Crippen LogP contribution in [0.15, 0.2) is 36.4 Å². The number of nitrogens with one attached hydrogen (secondary N) is 1. The number of carbonyl (C=O) groups excluding carboxylic acids is 2. The smallest absolute Gasteiger partial charge is 0.341 e. The molecule has 0 heterocycles. The van der Waals surface area contributed by atoms with Crippen molar-refractivity contribution in [2.75, 3.05) is 12.3 Å². The Kier molecular flexibility index (Phi) is 6.11. The molecule has 0 saturated heterocycles. The van der Waals surface area contributed by atoms with E-state index in [4.69, 9.17) is 10.5 Å². The van der Waals surface area contributed by atoms with Gasteiger partial charge in [0.15, 0.2) is 6.61 Å². The van der Waals surface area contributed by atoms with Crippen molar-refractivity contribution in [2.24, 2.45) is 0 Å². The summed E-state index contributed by atoms with van der Waals surface area (Å²) in [6.07, 6.45) is 4.52. The first kappa shape index (κ1) is 20.3. The highest BCUT2D eigenvalue weighted by Crippen LogP contribution is 2.25. The fourth-order valence-corrected chi connectivity index (χ4v) is 3.43. The first-order valence-corrected chi connectivity index (χ1v) is 9.47.